The molecule has 5 nitrogen and oxygen atoms in total. The Morgan fingerprint density at radius 2 is 1.74 bits per heavy atom. The molecule has 3 rings (SSSR count). The molecule has 1 N–H and O–H groups in total. The van der Waals surface area contributed by atoms with Gasteiger partial charge in [-0.2, -0.15) is 0 Å². The van der Waals surface area contributed by atoms with Gasteiger partial charge in [0.05, 0.1) is 12.1 Å². The van der Waals surface area contributed by atoms with Crippen LogP contribution in [0.5, 0.6) is 0 Å². The summed E-state index contributed by atoms with van der Waals surface area (Å²) in [7, 11) is 0. The van der Waals surface area contributed by atoms with E-state index in [2.05, 4.69) is 9.88 Å². The molecule has 3 aromatic rings. The summed E-state index contributed by atoms with van der Waals surface area (Å²) in [6, 6.07) is 15.1. The van der Waals surface area contributed by atoms with Crippen molar-refractivity contribution in [3.8, 4) is 5.69 Å². The molecule has 1 aromatic carbocycles. The molecule has 0 fully saturated rings. The Bertz CT molecular complexity index is 908. The van der Waals surface area contributed by atoms with Crippen molar-refractivity contribution in [3.05, 3.63) is 75.7 Å². The van der Waals surface area contributed by atoms with Gasteiger partial charge in [-0.05, 0) is 68.6 Å². The van der Waals surface area contributed by atoms with Gasteiger partial charge in [0.1, 0.15) is 0 Å². The Morgan fingerprint density at radius 3 is 2.33 bits per heavy atom. The highest BCUT2D eigenvalue weighted by Crippen LogP contribution is 2.17. The number of aryl methyl sites for hydroxylation is 2. The zero-order valence-corrected chi connectivity index (χ0v) is 16.4. The molecule has 2 heterocycles. The third kappa shape index (κ3) is 4.46. The second kappa shape index (κ2) is 8.22. The smallest absolute Gasteiger partial charge is 0.338 e. The molecule has 140 valence electrons. The lowest BCUT2D eigenvalue weighted by atomic mass is 10.2. The second-order valence-electron chi connectivity index (χ2n) is 6.34. The van der Waals surface area contributed by atoms with Gasteiger partial charge in [-0.25, -0.2) is 4.79 Å². The predicted molar refractivity (Wildman–Crippen MR) is 106 cm³/mol. The highest BCUT2D eigenvalue weighted by atomic mass is 32.1. The maximum atomic E-state index is 12.3. The minimum atomic E-state index is -0.855. The van der Waals surface area contributed by atoms with Crippen molar-refractivity contribution in [1.29, 1.82) is 0 Å². The van der Waals surface area contributed by atoms with Gasteiger partial charge < -0.3 is 14.6 Å². The number of rotatable bonds is 6. The highest BCUT2D eigenvalue weighted by molar-refractivity contribution is 7.09. The fraction of sp³-hybridized carbons (Fsp3) is 0.238. The molecule has 0 bridgehead atoms. The Balaban J connectivity index is 1.59. The maximum Gasteiger partial charge on any atom is 0.338 e. The Kier molecular flexibility index (Phi) is 5.76. The molecular weight excluding hydrogens is 360 g/mol. The van der Waals surface area contributed by atoms with Gasteiger partial charge in [-0.3, -0.25) is 4.79 Å². The van der Waals surface area contributed by atoms with Crippen LogP contribution < -0.4 is 5.32 Å². The summed E-state index contributed by atoms with van der Waals surface area (Å²) in [6.07, 6.45) is -0.855. The standard InChI is InChI=1S/C21H22N2O3S/c1-14-6-7-15(2)23(14)18-10-8-17(9-11-18)21(25)26-16(3)20(24)22-13-19-5-4-12-27-19/h4-12,16H,13H2,1-3H3,(H,22,24)/t16-/m0/s1. The van der Waals surface area contributed by atoms with Crippen molar-refractivity contribution in [1.82, 2.24) is 9.88 Å². The van der Waals surface area contributed by atoms with E-state index < -0.39 is 12.1 Å². The molecule has 6 heteroatoms. The second-order valence-corrected chi connectivity index (χ2v) is 7.38. The van der Waals surface area contributed by atoms with E-state index in [9.17, 15) is 9.59 Å². The zero-order valence-electron chi connectivity index (χ0n) is 15.6. The van der Waals surface area contributed by atoms with E-state index in [4.69, 9.17) is 4.74 Å². The number of esters is 1. The molecule has 0 aliphatic carbocycles. The third-order valence-corrected chi connectivity index (χ3v) is 5.18. The van der Waals surface area contributed by atoms with E-state index in [1.165, 1.54) is 0 Å². The molecule has 0 spiro atoms. The zero-order chi connectivity index (χ0) is 19.4. The fourth-order valence-electron chi connectivity index (χ4n) is 2.84. The maximum absolute atomic E-state index is 12.3. The first-order chi connectivity index (χ1) is 13.0. The van der Waals surface area contributed by atoms with Gasteiger partial charge in [0.25, 0.3) is 5.91 Å². The lowest BCUT2D eigenvalue weighted by molar-refractivity contribution is -0.129. The summed E-state index contributed by atoms with van der Waals surface area (Å²) >= 11 is 1.56. The van der Waals surface area contributed by atoms with Crippen molar-refractivity contribution in [2.24, 2.45) is 0 Å². The first-order valence-electron chi connectivity index (χ1n) is 8.72. The fourth-order valence-corrected chi connectivity index (χ4v) is 3.48. The van der Waals surface area contributed by atoms with Crippen LogP contribution in [-0.4, -0.2) is 22.5 Å². The SMILES string of the molecule is Cc1ccc(C)n1-c1ccc(C(=O)O[C@@H](C)C(=O)NCc2cccs2)cc1. The van der Waals surface area contributed by atoms with E-state index in [0.29, 0.717) is 12.1 Å². The number of aromatic nitrogens is 1. The molecule has 0 aliphatic heterocycles. The van der Waals surface area contributed by atoms with E-state index in [1.54, 1.807) is 30.4 Å². The van der Waals surface area contributed by atoms with Crippen molar-refractivity contribution in [2.45, 2.75) is 33.4 Å². The van der Waals surface area contributed by atoms with Crippen LogP contribution in [0.3, 0.4) is 0 Å². The third-order valence-electron chi connectivity index (χ3n) is 4.30. The number of nitrogens with zero attached hydrogens (tertiary/aromatic N) is 1. The molecule has 0 saturated carbocycles. The number of carbonyl (C=O) groups is 2. The molecule has 1 amide bonds. The number of hydrogen-bond acceptors (Lipinski definition) is 4. The van der Waals surface area contributed by atoms with Crippen LogP contribution in [0, 0.1) is 13.8 Å². The van der Waals surface area contributed by atoms with Gasteiger partial charge in [0, 0.05) is 22.0 Å². The van der Waals surface area contributed by atoms with Gasteiger partial charge >= 0.3 is 5.97 Å². The first kappa shape index (κ1) is 18.9. The topological polar surface area (TPSA) is 60.3 Å². The van der Waals surface area contributed by atoms with Crippen LogP contribution >= 0.6 is 11.3 Å². The summed E-state index contributed by atoms with van der Waals surface area (Å²) in [6.45, 7) is 6.07. The number of amides is 1. The molecule has 0 aliphatic rings. The summed E-state index contributed by atoms with van der Waals surface area (Å²) in [4.78, 5) is 25.5. The summed E-state index contributed by atoms with van der Waals surface area (Å²) in [5.41, 5.74) is 3.64. The Morgan fingerprint density at radius 1 is 1.07 bits per heavy atom. The number of thiophene rings is 1. The number of hydrogen-bond donors (Lipinski definition) is 1. The monoisotopic (exact) mass is 382 g/mol. The van der Waals surface area contributed by atoms with Gasteiger partial charge in [0.15, 0.2) is 6.10 Å². The van der Waals surface area contributed by atoms with E-state index >= 15 is 0 Å². The van der Waals surface area contributed by atoms with E-state index in [-0.39, 0.29) is 5.91 Å². The highest BCUT2D eigenvalue weighted by Gasteiger charge is 2.19. The summed E-state index contributed by atoms with van der Waals surface area (Å²) in [5, 5.41) is 4.72. The van der Waals surface area contributed by atoms with E-state index in [0.717, 1.165) is 22.0 Å². The lowest BCUT2D eigenvalue weighted by Crippen LogP contribution is -2.35. The quantitative estimate of drug-likeness (QED) is 0.655. The van der Waals surface area contributed by atoms with Crippen molar-refractivity contribution in [3.63, 3.8) is 0 Å². The van der Waals surface area contributed by atoms with Crippen LogP contribution in [0.25, 0.3) is 5.69 Å². The van der Waals surface area contributed by atoms with Crippen LogP contribution in [0.4, 0.5) is 0 Å². The normalized spacial score (nSPS) is 11.8. The molecular formula is C21H22N2O3S. The van der Waals surface area contributed by atoms with Crippen LogP contribution in [0.2, 0.25) is 0 Å². The van der Waals surface area contributed by atoms with Gasteiger partial charge in [-0.1, -0.05) is 6.07 Å². The van der Waals surface area contributed by atoms with Gasteiger partial charge in [0.2, 0.25) is 0 Å². The number of carbonyl (C=O) groups excluding carboxylic acids is 2. The van der Waals surface area contributed by atoms with Crippen LogP contribution in [0.15, 0.2) is 53.9 Å². The molecule has 2 aromatic heterocycles. The van der Waals surface area contributed by atoms with Crippen molar-refractivity contribution < 1.29 is 14.3 Å². The Hall–Kier alpha value is -2.86. The summed E-state index contributed by atoms with van der Waals surface area (Å²) in [5.74, 6) is -0.826. The van der Waals surface area contributed by atoms with E-state index in [1.807, 2.05) is 55.6 Å². The Labute approximate surface area is 162 Å². The first-order valence-corrected chi connectivity index (χ1v) is 9.60. The molecule has 1 atom stereocenters. The molecule has 0 radical (unpaired) electrons. The van der Waals surface area contributed by atoms with Crippen LogP contribution in [-0.2, 0) is 16.1 Å². The molecule has 0 saturated heterocycles. The average Bonchev–Trinajstić information content (AvgIpc) is 3.29. The minimum absolute atomic E-state index is 0.313. The van der Waals surface area contributed by atoms with Crippen molar-refractivity contribution >= 4 is 23.2 Å². The number of nitrogens with one attached hydrogen (secondary N) is 1. The molecule has 27 heavy (non-hydrogen) atoms. The molecule has 0 unspecified atom stereocenters. The largest absolute Gasteiger partial charge is 0.449 e. The lowest BCUT2D eigenvalue weighted by Gasteiger charge is -2.14. The predicted octanol–water partition coefficient (Wildman–Crippen LogP) is 4.02. The number of benzene rings is 1. The number of ether oxygens (including phenoxy) is 1. The van der Waals surface area contributed by atoms with Gasteiger partial charge in [-0.15, -0.1) is 11.3 Å². The summed E-state index contributed by atoms with van der Waals surface area (Å²) < 4.78 is 7.40. The van der Waals surface area contributed by atoms with Crippen molar-refractivity contribution in [2.75, 3.05) is 0 Å². The average molecular weight is 382 g/mol. The van der Waals surface area contributed by atoms with Crippen LogP contribution in [0.1, 0.15) is 33.5 Å². The minimum Gasteiger partial charge on any atom is -0.449 e.